The second-order valence-electron chi connectivity index (χ2n) is 5.11. The fourth-order valence-electron chi connectivity index (χ4n) is 2.44. The molecular formula is C18H20N2O3. The van der Waals surface area contributed by atoms with Crippen molar-refractivity contribution in [1.82, 2.24) is 4.90 Å². The highest BCUT2D eigenvalue weighted by molar-refractivity contribution is 6.22. The summed E-state index contributed by atoms with van der Waals surface area (Å²) in [6, 6.07) is 9.12. The molecule has 1 unspecified atom stereocenters. The molecule has 1 aromatic rings. The van der Waals surface area contributed by atoms with E-state index in [0.717, 1.165) is 10.5 Å². The molecule has 2 rings (SSSR count). The average Bonchev–Trinajstić information content (AvgIpc) is 2.82. The van der Waals surface area contributed by atoms with Gasteiger partial charge in [-0.05, 0) is 5.56 Å². The van der Waals surface area contributed by atoms with E-state index in [2.05, 4.69) is 13.2 Å². The molecule has 0 radical (unpaired) electrons. The molecule has 0 saturated heterocycles. The lowest BCUT2D eigenvalue weighted by Gasteiger charge is -2.25. The molecule has 0 aromatic heterocycles. The highest BCUT2D eigenvalue weighted by Crippen LogP contribution is 2.24. The van der Waals surface area contributed by atoms with Crippen LogP contribution >= 0.6 is 0 Å². The van der Waals surface area contributed by atoms with Crippen LogP contribution in [0.3, 0.4) is 0 Å². The van der Waals surface area contributed by atoms with Gasteiger partial charge in [-0.1, -0.05) is 55.6 Å². The SMILES string of the molecule is C=CC1=C(C=C)C(=O)N(C(CN)COCc2ccccc2)C1=O. The first-order valence-corrected chi connectivity index (χ1v) is 7.32. The molecule has 2 N–H and O–H groups in total. The van der Waals surface area contributed by atoms with Crippen molar-refractivity contribution in [1.29, 1.82) is 0 Å². The Balaban J connectivity index is 2.04. The summed E-state index contributed by atoms with van der Waals surface area (Å²) in [5.41, 5.74) is 7.26. The Morgan fingerprint density at radius 2 is 1.65 bits per heavy atom. The van der Waals surface area contributed by atoms with Crippen molar-refractivity contribution in [3.63, 3.8) is 0 Å². The van der Waals surface area contributed by atoms with Crippen molar-refractivity contribution < 1.29 is 14.3 Å². The Hall–Kier alpha value is -2.50. The fourth-order valence-corrected chi connectivity index (χ4v) is 2.44. The van der Waals surface area contributed by atoms with Crippen LogP contribution in [0.25, 0.3) is 0 Å². The molecule has 5 nitrogen and oxygen atoms in total. The van der Waals surface area contributed by atoms with E-state index in [-0.39, 0.29) is 24.3 Å². The van der Waals surface area contributed by atoms with Gasteiger partial charge >= 0.3 is 0 Å². The van der Waals surface area contributed by atoms with E-state index < -0.39 is 17.9 Å². The number of ether oxygens (including phenoxy) is 1. The highest BCUT2D eigenvalue weighted by Gasteiger charge is 2.39. The zero-order valence-electron chi connectivity index (χ0n) is 12.9. The van der Waals surface area contributed by atoms with Gasteiger partial charge in [0.05, 0.1) is 30.4 Å². The fraction of sp³-hybridized carbons (Fsp3) is 0.222. The van der Waals surface area contributed by atoms with Gasteiger partial charge in [0.15, 0.2) is 0 Å². The molecule has 2 amide bonds. The summed E-state index contributed by atoms with van der Waals surface area (Å²) in [7, 11) is 0. The van der Waals surface area contributed by atoms with E-state index in [4.69, 9.17) is 10.5 Å². The summed E-state index contributed by atoms with van der Waals surface area (Å²) in [5, 5.41) is 0. The average molecular weight is 312 g/mol. The molecule has 0 fully saturated rings. The first kappa shape index (κ1) is 16.9. The molecule has 0 spiro atoms. The Kier molecular flexibility index (Phi) is 5.62. The van der Waals surface area contributed by atoms with Crippen LogP contribution in [0, 0.1) is 0 Å². The predicted octanol–water partition coefficient (Wildman–Crippen LogP) is 1.57. The summed E-state index contributed by atoms with van der Waals surface area (Å²) >= 11 is 0. The molecule has 1 aromatic carbocycles. The van der Waals surface area contributed by atoms with Gasteiger partial charge in [-0.2, -0.15) is 0 Å². The number of carbonyl (C=O) groups is 2. The zero-order chi connectivity index (χ0) is 16.8. The normalized spacial score (nSPS) is 16.0. The topological polar surface area (TPSA) is 72.6 Å². The summed E-state index contributed by atoms with van der Waals surface area (Å²) < 4.78 is 5.62. The summed E-state index contributed by atoms with van der Waals surface area (Å²) in [6.07, 6.45) is 2.74. The van der Waals surface area contributed by atoms with Gasteiger partial charge in [0.25, 0.3) is 11.8 Å². The maximum absolute atomic E-state index is 12.4. The van der Waals surface area contributed by atoms with E-state index in [9.17, 15) is 9.59 Å². The van der Waals surface area contributed by atoms with Crippen molar-refractivity contribution in [2.45, 2.75) is 12.6 Å². The molecule has 1 aliphatic rings. The van der Waals surface area contributed by atoms with Gasteiger partial charge in [0, 0.05) is 6.54 Å². The number of rotatable bonds is 8. The standard InChI is InChI=1S/C18H20N2O3/c1-3-15-16(4-2)18(22)20(17(15)21)14(10-19)12-23-11-13-8-6-5-7-9-13/h3-9,14H,1-2,10-12,19H2. The predicted molar refractivity (Wildman–Crippen MR) is 88.2 cm³/mol. The van der Waals surface area contributed by atoms with E-state index in [1.165, 1.54) is 12.2 Å². The quantitative estimate of drug-likeness (QED) is 0.740. The molecule has 0 aliphatic carbocycles. The Labute approximate surface area is 135 Å². The number of imide groups is 1. The number of carbonyl (C=O) groups excluding carboxylic acids is 2. The van der Waals surface area contributed by atoms with Crippen molar-refractivity contribution in [3.05, 3.63) is 72.4 Å². The molecule has 5 heteroatoms. The first-order valence-electron chi connectivity index (χ1n) is 7.32. The van der Waals surface area contributed by atoms with Crippen molar-refractivity contribution >= 4 is 11.8 Å². The van der Waals surface area contributed by atoms with Gasteiger partial charge in [0.2, 0.25) is 0 Å². The Morgan fingerprint density at radius 3 is 2.13 bits per heavy atom. The lowest BCUT2D eigenvalue weighted by molar-refractivity contribution is -0.141. The molecule has 23 heavy (non-hydrogen) atoms. The van der Waals surface area contributed by atoms with Gasteiger partial charge in [-0.25, -0.2) is 0 Å². The van der Waals surface area contributed by atoms with Crippen LogP contribution in [0.1, 0.15) is 5.56 Å². The van der Waals surface area contributed by atoms with Crippen molar-refractivity contribution in [2.24, 2.45) is 5.73 Å². The minimum Gasteiger partial charge on any atom is -0.375 e. The zero-order valence-corrected chi connectivity index (χ0v) is 12.9. The van der Waals surface area contributed by atoms with Crippen LogP contribution in [0.15, 0.2) is 66.8 Å². The molecule has 120 valence electrons. The Morgan fingerprint density at radius 1 is 1.09 bits per heavy atom. The Bertz CT molecular complexity index is 619. The second kappa shape index (κ2) is 7.67. The van der Waals surface area contributed by atoms with E-state index in [0.29, 0.717) is 6.61 Å². The highest BCUT2D eigenvalue weighted by atomic mass is 16.5. The number of benzene rings is 1. The van der Waals surface area contributed by atoms with Crippen LogP contribution < -0.4 is 5.73 Å². The van der Waals surface area contributed by atoms with Crippen molar-refractivity contribution in [2.75, 3.05) is 13.2 Å². The molecule has 1 aliphatic heterocycles. The number of amides is 2. The minimum absolute atomic E-state index is 0.126. The third-order valence-electron chi connectivity index (χ3n) is 3.66. The van der Waals surface area contributed by atoms with E-state index in [1.807, 2.05) is 30.3 Å². The van der Waals surface area contributed by atoms with Gasteiger partial charge in [-0.3, -0.25) is 14.5 Å². The smallest absolute Gasteiger partial charge is 0.261 e. The number of hydrogen-bond donors (Lipinski definition) is 1. The summed E-state index contributed by atoms with van der Waals surface area (Å²) in [5.74, 6) is -0.808. The minimum atomic E-state index is -0.522. The number of nitrogens with two attached hydrogens (primary N) is 1. The molecule has 1 heterocycles. The molecular weight excluding hydrogens is 292 g/mol. The molecule has 0 saturated carbocycles. The van der Waals surface area contributed by atoms with Crippen LogP contribution in [-0.4, -0.2) is 35.9 Å². The van der Waals surface area contributed by atoms with E-state index in [1.54, 1.807) is 0 Å². The maximum Gasteiger partial charge on any atom is 0.261 e. The number of nitrogens with zero attached hydrogens (tertiary/aromatic N) is 1. The maximum atomic E-state index is 12.4. The number of hydrogen-bond acceptors (Lipinski definition) is 4. The van der Waals surface area contributed by atoms with Gasteiger partial charge in [0.1, 0.15) is 0 Å². The molecule has 0 bridgehead atoms. The monoisotopic (exact) mass is 312 g/mol. The lowest BCUT2D eigenvalue weighted by Crippen LogP contribution is -2.47. The van der Waals surface area contributed by atoms with Crippen molar-refractivity contribution in [3.8, 4) is 0 Å². The van der Waals surface area contributed by atoms with E-state index >= 15 is 0 Å². The second-order valence-corrected chi connectivity index (χ2v) is 5.11. The third-order valence-corrected chi connectivity index (χ3v) is 3.66. The van der Waals surface area contributed by atoms with Gasteiger partial charge < -0.3 is 10.5 Å². The van der Waals surface area contributed by atoms with Crippen LogP contribution in [-0.2, 0) is 20.9 Å². The third kappa shape index (κ3) is 3.47. The van der Waals surface area contributed by atoms with Crippen LogP contribution in [0.2, 0.25) is 0 Å². The summed E-state index contributed by atoms with van der Waals surface area (Å²) in [6.45, 7) is 7.86. The summed E-state index contributed by atoms with van der Waals surface area (Å²) in [4.78, 5) is 25.9. The van der Waals surface area contributed by atoms with Gasteiger partial charge in [-0.15, -0.1) is 0 Å². The largest absolute Gasteiger partial charge is 0.375 e. The lowest BCUT2D eigenvalue weighted by atomic mass is 10.1. The van der Waals surface area contributed by atoms with Crippen LogP contribution in [0.5, 0.6) is 0 Å². The van der Waals surface area contributed by atoms with Crippen LogP contribution in [0.4, 0.5) is 0 Å². The molecule has 1 atom stereocenters. The first-order chi connectivity index (χ1) is 11.1.